The van der Waals surface area contributed by atoms with Gasteiger partial charge in [0.1, 0.15) is 5.82 Å². The van der Waals surface area contributed by atoms with Gasteiger partial charge in [-0.3, -0.25) is 4.90 Å². The van der Waals surface area contributed by atoms with E-state index >= 15 is 0 Å². The predicted molar refractivity (Wildman–Crippen MR) is 78.7 cm³/mol. The van der Waals surface area contributed by atoms with Gasteiger partial charge in [-0.05, 0) is 44.0 Å². The number of halogens is 1. The van der Waals surface area contributed by atoms with Crippen molar-refractivity contribution in [3.63, 3.8) is 0 Å². The maximum atomic E-state index is 13.7. The Morgan fingerprint density at radius 3 is 3.00 bits per heavy atom. The number of aliphatic hydroxyl groups excluding tert-OH is 1. The number of nitrogens with zero attached hydrogens (tertiary/aromatic N) is 1. The second-order valence-electron chi connectivity index (χ2n) is 5.40. The highest BCUT2D eigenvalue weighted by Crippen LogP contribution is 2.20. The van der Waals surface area contributed by atoms with Crippen molar-refractivity contribution in [1.29, 1.82) is 0 Å². The molecular formula is C17H22FNO. The normalized spacial score (nSPS) is 19.4. The van der Waals surface area contributed by atoms with Crippen LogP contribution >= 0.6 is 0 Å². The van der Waals surface area contributed by atoms with Gasteiger partial charge in [-0.25, -0.2) is 4.39 Å². The maximum Gasteiger partial charge on any atom is 0.138 e. The van der Waals surface area contributed by atoms with Gasteiger partial charge in [0, 0.05) is 19.0 Å². The fourth-order valence-corrected chi connectivity index (χ4v) is 2.61. The van der Waals surface area contributed by atoms with Gasteiger partial charge in [0.05, 0.1) is 12.2 Å². The van der Waals surface area contributed by atoms with E-state index in [1.54, 1.807) is 0 Å². The van der Waals surface area contributed by atoms with Crippen LogP contribution in [-0.4, -0.2) is 29.2 Å². The number of hydrogen-bond donors (Lipinski definition) is 1. The monoisotopic (exact) mass is 275 g/mol. The molecular weight excluding hydrogens is 253 g/mol. The van der Waals surface area contributed by atoms with E-state index in [0.717, 1.165) is 18.7 Å². The lowest BCUT2D eigenvalue weighted by atomic mass is 10.0. The maximum absolute atomic E-state index is 13.7. The van der Waals surface area contributed by atoms with Crippen LogP contribution in [0.4, 0.5) is 4.39 Å². The summed E-state index contributed by atoms with van der Waals surface area (Å²) < 4.78 is 13.7. The summed E-state index contributed by atoms with van der Waals surface area (Å²) in [5.74, 6) is 5.29. The first kappa shape index (κ1) is 15.0. The summed E-state index contributed by atoms with van der Waals surface area (Å²) in [6, 6.07) is 5.76. The average Bonchev–Trinajstić information content (AvgIpc) is 2.45. The zero-order valence-corrected chi connectivity index (χ0v) is 12.0. The first-order chi connectivity index (χ1) is 9.70. The van der Waals surface area contributed by atoms with Crippen molar-refractivity contribution in [2.75, 3.05) is 13.2 Å². The first-order valence-electron chi connectivity index (χ1n) is 7.33. The standard InChI is InChI=1S/C17H22FNO/c1-14-6-2-4-10-19(14)13-15-8-9-17(18)16(12-15)7-3-5-11-20/h8-9,12,14,20H,2,4-6,10-11,13H2,1H3. The first-order valence-corrected chi connectivity index (χ1v) is 7.33. The molecule has 0 bridgehead atoms. The molecule has 0 spiro atoms. The van der Waals surface area contributed by atoms with Crippen LogP contribution in [0, 0.1) is 17.7 Å². The highest BCUT2D eigenvalue weighted by atomic mass is 19.1. The summed E-state index contributed by atoms with van der Waals surface area (Å²) in [4.78, 5) is 2.45. The van der Waals surface area contributed by atoms with Crippen molar-refractivity contribution in [3.8, 4) is 11.8 Å². The summed E-state index contributed by atoms with van der Waals surface area (Å²) in [7, 11) is 0. The van der Waals surface area contributed by atoms with Crippen molar-refractivity contribution in [2.24, 2.45) is 0 Å². The molecule has 0 saturated carbocycles. The lowest BCUT2D eigenvalue weighted by Gasteiger charge is -2.33. The molecule has 3 heteroatoms. The minimum Gasteiger partial charge on any atom is -0.395 e. The fourth-order valence-electron chi connectivity index (χ4n) is 2.61. The fraction of sp³-hybridized carbons (Fsp3) is 0.529. The second-order valence-corrected chi connectivity index (χ2v) is 5.40. The van der Waals surface area contributed by atoms with Gasteiger partial charge in [0.15, 0.2) is 0 Å². The quantitative estimate of drug-likeness (QED) is 0.857. The average molecular weight is 275 g/mol. The molecule has 1 saturated heterocycles. The highest BCUT2D eigenvalue weighted by molar-refractivity contribution is 5.38. The number of benzene rings is 1. The predicted octanol–water partition coefficient (Wildman–Crippen LogP) is 2.93. The lowest BCUT2D eigenvalue weighted by Crippen LogP contribution is -2.36. The third-order valence-electron chi connectivity index (χ3n) is 3.82. The SMILES string of the molecule is CC1CCCCN1Cc1ccc(F)c(C#CCCO)c1. The molecule has 1 aromatic rings. The van der Waals surface area contributed by atoms with E-state index in [9.17, 15) is 4.39 Å². The van der Waals surface area contributed by atoms with E-state index in [4.69, 9.17) is 5.11 Å². The molecule has 2 rings (SSSR count). The zero-order chi connectivity index (χ0) is 14.4. The molecule has 1 aromatic carbocycles. The van der Waals surface area contributed by atoms with Gasteiger partial charge in [-0.15, -0.1) is 0 Å². The summed E-state index contributed by atoms with van der Waals surface area (Å²) in [5, 5.41) is 8.71. The lowest BCUT2D eigenvalue weighted by molar-refractivity contribution is 0.152. The topological polar surface area (TPSA) is 23.5 Å². The third-order valence-corrected chi connectivity index (χ3v) is 3.82. The summed E-state index contributed by atoms with van der Waals surface area (Å²) in [6.45, 7) is 4.24. The van der Waals surface area contributed by atoms with Crippen LogP contribution in [-0.2, 0) is 6.54 Å². The molecule has 1 aliphatic heterocycles. The molecule has 108 valence electrons. The van der Waals surface area contributed by atoms with E-state index in [2.05, 4.69) is 23.7 Å². The smallest absolute Gasteiger partial charge is 0.138 e. The third kappa shape index (κ3) is 4.06. The summed E-state index contributed by atoms with van der Waals surface area (Å²) in [5.41, 5.74) is 1.54. The Labute approximate surface area is 120 Å². The zero-order valence-electron chi connectivity index (χ0n) is 12.0. The Bertz CT molecular complexity index is 503. The summed E-state index contributed by atoms with van der Waals surface area (Å²) in [6.07, 6.45) is 4.17. The van der Waals surface area contributed by atoms with Crippen LogP contribution < -0.4 is 0 Å². The van der Waals surface area contributed by atoms with Gasteiger partial charge < -0.3 is 5.11 Å². The van der Waals surface area contributed by atoms with Crippen LogP contribution in [0.5, 0.6) is 0 Å². The Morgan fingerprint density at radius 1 is 1.40 bits per heavy atom. The molecule has 0 radical (unpaired) electrons. The molecule has 1 fully saturated rings. The Hall–Kier alpha value is -1.37. The van der Waals surface area contributed by atoms with Crippen molar-refractivity contribution in [2.45, 2.75) is 45.2 Å². The minimum atomic E-state index is -0.286. The Balaban J connectivity index is 2.09. The molecule has 0 aliphatic carbocycles. The molecule has 1 aliphatic rings. The van der Waals surface area contributed by atoms with E-state index in [1.165, 1.54) is 25.3 Å². The van der Waals surface area contributed by atoms with Crippen molar-refractivity contribution in [3.05, 3.63) is 35.1 Å². The number of likely N-dealkylation sites (tertiary alicyclic amines) is 1. The molecule has 1 atom stereocenters. The van der Waals surface area contributed by atoms with Crippen molar-refractivity contribution in [1.82, 2.24) is 4.90 Å². The van der Waals surface area contributed by atoms with Gasteiger partial charge in [0.25, 0.3) is 0 Å². The molecule has 1 heterocycles. The van der Waals surface area contributed by atoms with Gasteiger partial charge in [0.2, 0.25) is 0 Å². The van der Waals surface area contributed by atoms with E-state index in [0.29, 0.717) is 18.0 Å². The number of aliphatic hydroxyl groups is 1. The molecule has 0 amide bonds. The van der Waals surface area contributed by atoms with Gasteiger partial charge in [-0.2, -0.15) is 0 Å². The van der Waals surface area contributed by atoms with Gasteiger partial charge in [-0.1, -0.05) is 24.3 Å². The summed E-state index contributed by atoms with van der Waals surface area (Å²) >= 11 is 0. The largest absolute Gasteiger partial charge is 0.395 e. The van der Waals surface area contributed by atoms with E-state index in [1.807, 2.05) is 12.1 Å². The molecule has 1 N–H and O–H groups in total. The van der Waals surface area contributed by atoms with Crippen LogP contribution in [0.15, 0.2) is 18.2 Å². The van der Waals surface area contributed by atoms with Crippen LogP contribution in [0.2, 0.25) is 0 Å². The van der Waals surface area contributed by atoms with Gasteiger partial charge >= 0.3 is 0 Å². The molecule has 1 unspecified atom stereocenters. The Morgan fingerprint density at radius 2 is 2.25 bits per heavy atom. The molecule has 2 nitrogen and oxygen atoms in total. The van der Waals surface area contributed by atoms with E-state index in [-0.39, 0.29) is 12.4 Å². The van der Waals surface area contributed by atoms with Crippen molar-refractivity contribution >= 4 is 0 Å². The van der Waals surface area contributed by atoms with E-state index < -0.39 is 0 Å². The van der Waals surface area contributed by atoms with Crippen molar-refractivity contribution < 1.29 is 9.50 Å². The number of piperidine rings is 1. The number of hydrogen-bond acceptors (Lipinski definition) is 2. The molecule has 20 heavy (non-hydrogen) atoms. The highest BCUT2D eigenvalue weighted by Gasteiger charge is 2.18. The second kappa shape index (κ2) is 7.42. The number of rotatable bonds is 3. The Kier molecular flexibility index (Phi) is 5.58. The molecule has 0 aromatic heterocycles. The van der Waals surface area contributed by atoms with Crippen LogP contribution in [0.3, 0.4) is 0 Å². The minimum absolute atomic E-state index is 0.0135. The van der Waals surface area contributed by atoms with Crippen LogP contribution in [0.25, 0.3) is 0 Å². The van der Waals surface area contributed by atoms with Crippen LogP contribution in [0.1, 0.15) is 43.7 Å².